The van der Waals surface area contributed by atoms with Crippen molar-refractivity contribution in [2.45, 2.75) is 6.42 Å². The lowest BCUT2D eigenvalue weighted by Gasteiger charge is -2.09. The van der Waals surface area contributed by atoms with Gasteiger partial charge in [0, 0.05) is 20.6 Å². The van der Waals surface area contributed by atoms with Gasteiger partial charge in [-0.15, -0.1) is 0 Å². The first-order chi connectivity index (χ1) is 9.16. The summed E-state index contributed by atoms with van der Waals surface area (Å²) in [5.41, 5.74) is 2.26. The normalized spacial score (nSPS) is 12.9. The van der Waals surface area contributed by atoms with E-state index in [4.69, 9.17) is 16.3 Å². The largest absolute Gasteiger partial charge is 0.492 e. The van der Waals surface area contributed by atoms with Crippen LogP contribution in [0.2, 0.25) is 5.02 Å². The molecule has 0 bridgehead atoms. The number of halogens is 2. The van der Waals surface area contributed by atoms with Gasteiger partial charge in [-0.05, 0) is 52.4 Å². The Balaban J connectivity index is 2.13. The Kier molecular flexibility index (Phi) is 3.50. The van der Waals surface area contributed by atoms with Crippen LogP contribution in [-0.4, -0.2) is 12.4 Å². The van der Waals surface area contributed by atoms with Gasteiger partial charge in [-0.25, -0.2) is 0 Å². The molecule has 0 saturated carbocycles. The third-order valence-electron chi connectivity index (χ3n) is 3.11. The highest BCUT2D eigenvalue weighted by molar-refractivity contribution is 14.1. The summed E-state index contributed by atoms with van der Waals surface area (Å²) < 4.78 is 6.51. The quantitative estimate of drug-likeness (QED) is 0.575. The van der Waals surface area contributed by atoms with Gasteiger partial charge in [0.05, 0.1) is 12.2 Å². The third-order valence-corrected chi connectivity index (χ3v) is 4.27. The molecule has 0 spiro atoms. The average Bonchev–Trinajstić information content (AvgIpc) is 2.85. The summed E-state index contributed by atoms with van der Waals surface area (Å²) in [6.45, 7) is 0.613. The van der Waals surface area contributed by atoms with Crippen molar-refractivity contribution in [2.75, 3.05) is 6.61 Å². The van der Waals surface area contributed by atoms with Crippen LogP contribution in [0.1, 0.15) is 21.5 Å². The van der Waals surface area contributed by atoms with Crippen LogP contribution in [0.25, 0.3) is 0 Å². The zero-order valence-corrected chi connectivity index (χ0v) is 12.9. The van der Waals surface area contributed by atoms with E-state index in [-0.39, 0.29) is 5.78 Å². The minimum atomic E-state index is -0.0364. The van der Waals surface area contributed by atoms with Crippen molar-refractivity contribution in [2.24, 2.45) is 0 Å². The number of benzene rings is 2. The molecule has 0 radical (unpaired) electrons. The van der Waals surface area contributed by atoms with Crippen LogP contribution >= 0.6 is 34.2 Å². The molecule has 1 heterocycles. The highest BCUT2D eigenvalue weighted by atomic mass is 127. The Morgan fingerprint density at radius 2 is 2.00 bits per heavy atom. The van der Waals surface area contributed by atoms with Crippen molar-refractivity contribution in [3.63, 3.8) is 0 Å². The van der Waals surface area contributed by atoms with Crippen LogP contribution in [-0.2, 0) is 6.42 Å². The van der Waals surface area contributed by atoms with Crippen molar-refractivity contribution in [1.82, 2.24) is 0 Å². The standard InChI is InChI=1S/C15H10ClIO2/c16-10-7-9-5-6-19-15(9)12(8-10)14(18)11-3-1-2-4-13(11)17/h1-4,7-8H,5-6H2. The Morgan fingerprint density at radius 1 is 1.21 bits per heavy atom. The number of ether oxygens (including phenoxy) is 1. The lowest BCUT2D eigenvalue weighted by Crippen LogP contribution is -2.05. The molecule has 0 fully saturated rings. The molecular formula is C15H10ClIO2. The third kappa shape index (κ3) is 2.37. The van der Waals surface area contributed by atoms with Crippen molar-refractivity contribution in [3.05, 3.63) is 61.7 Å². The van der Waals surface area contributed by atoms with E-state index in [2.05, 4.69) is 22.6 Å². The molecule has 2 aromatic rings. The van der Waals surface area contributed by atoms with Gasteiger partial charge in [0.2, 0.25) is 0 Å². The Morgan fingerprint density at radius 3 is 2.79 bits per heavy atom. The Bertz CT molecular complexity index is 667. The fourth-order valence-corrected chi connectivity index (χ4v) is 3.10. The SMILES string of the molecule is O=C(c1ccccc1I)c1cc(Cl)cc2c1OCC2. The van der Waals surface area contributed by atoms with Gasteiger partial charge in [-0.2, -0.15) is 0 Å². The van der Waals surface area contributed by atoms with E-state index in [1.165, 1.54) is 0 Å². The lowest BCUT2D eigenvalue weighted by atomic mass is 10.00. The van der Waals surface area contributed by atoms with Crippen LogP contribution in [0.4, 0.5) is 0 Å². The maximum atomic E-state index is 12.6. The van der Waals surface area contributed by atoms with Crippen molar-refractivity contribution < 1.29 is 9.53 Å². The van der Waals surface area contributed by atoms with E-state index in [9.17, 15) is 4.79 Å². The van der Waals surface area contributed by atoms with E-state index in [0.29, 0.717) is 28.5 Å². The zero-order valence-electron chi connectivity index (χ0n) is 9.95. The average molecular weight is 385 g/mol. The molecule has 0 aromatic heterocycles. The first-order valence-corrected chi connectivity index (χ1v) is 7.37. The molecule has 1 aliphatic heterocycles. The van der Waals surface area contributed by atoms with Crippen LogP contribution in [0.5, 0.6) is 5.75 Å². The molecule has 0 saturated heterocycles. The smallest absolute Gasteiger partial charge is 0.197 e. The highest BCUT2D eigenvalue weighted by Crippen LogP contribution is 2.34. The first kappa shape index (κ1) is 12.9. The molecule has 0 aliphatic carbocycles. The maximum Gasteiger partial charge on any atom is 0.197 e. The number of carbonyl (C=O) groups excluding carboxylic acids is 1. The number of hydrogen-bond donors (Lipinski definition) is 0. The molecule has 1 aliphatic rings. The van der Waals surface area contributed by atoms with Crippen LogP contribution < -0.4 is 4.74 Å². The second-order valence-electron chi connectivity index (χ2n) is 4.35. The molecular weight excluding hydrogens is 375 g/mol. The Labute approximate surface area is 129 Å². The van der Waals surface area contributed by atoms with Crippen LogP contribution in [0.3, 0.4) is 0 Å². The number of hydrogen-bond acceptors (Lipinski definition) is 2. The van der Waals surface area contributed by atoms with Gasteiger partial charge >= 0.3 is 0 Å². The summed E-state index contributed by atoms with van der Waals surface area (Å²) in [6.07, 6.45) is 0.808. The second-order valence-corrected chi connectivity index (χ2v) is 5.95. The fourth-order valence-electron chi connectivity index (χ4n) is 2.23. The van der Waals surface area contributed by atoms with Gasteiger partial charge in [0.1, 0.15) is 5.75 Å². The van der Waals surface area contributed by atoms with Gasteiger partial charge in [-0.1, -0.05) is 23.7 Å². The minimum absolute atomic E-state index is 0.0364. The van der Waals surface area contributed by atoms with E-state index < -0.39 is 0 Å². The summed E-state index contributed by atoms with van der Waals surface area (Å²) in [5, 5.41) is 0.582. The monoisotopic (exact) mass is 384 g/mol. The maximum absolute atomic E-state index is 12.6. The first-order valence-electron chi connectivity index (χ1n) is 5.91. The summed E-state index contributed by atoms with van der Waals surface area (Å²) in [7, 11) is 0. The summed E-state index contributed by atoms with van der Waals surface area (Å²) >= 11 is 8.25. The molecule has 3 rings (SSSR count). The van der Waals surface area contributed by atoms with Gasteiger partial charge in [-0.3, -0.25) is 4.79 Å². The predicted molar refractivity (Wildman–Crippen MR) is 83.2 cm³/mol. The molecule has 0 N–H and O–H groups in total. The van der Waals surface area contributed by atoms with Crippen LogP contribution in [0, 0.1) is 3.57 Å². The van der Waals surface area contributed by atoms with Gasteiger partial charge in [0.15, 0.2) is 5.78 Å². The number of ketones is 1. The van der Waals surface area contributed by atoms with E-state index >= 15 is 0 Å². The molecule has 0 amide bonds. The van der Waals surface area contributed by atoms with Crippen LogP contribution in [0.15, 0.2) is 36.4 Å². The molecule has 19 heavy (non-hydrogen) atoms. The fraction of sp³-hybridized carbons (Fsp3) is 0.133. The molecule has 0 atom stereocenters. The number of rotatable bonds is 2. The lowest BCUT2D eigenvalue weighted by molar-refractivity contribution is 0.103. The number of fused-ring (bicyclic) bond motifs is 1. The summed E-state index contributed by atoms with van der Waals surface area (Å²) in [6, 6.07) is 11.1. The van der Waals surface area contributed by atoms with Gasteiger partial charge in [0.25, 0.3) is 0 Å². The topological polar surface area (TPSA) is 26.3 Å². The predicted octanol–water partition coefficient (Wildman–Crippen LogP) is 4.11. The molecule has 0 unspecified atom stereocenters. The van der Waals surface area contributed by atoms with E-state index in [1.807, 2.05) is 30.3 Å². The van der Waals surface area contributed by atoms with Crippen molar-refractivity contribution in [3.8, 4) is 5.75 Å². The Hall–Kier alpha value is -1.07. The molecule has 2 aromatic carbocycles. The minimum Gasteiger partial charge on any atom is -0.492 e. The van der Waals surface area contributed by atoms with Crippen molar-refractivity contribution >= 4 is 40.0 Å². The zero-order chi connectivity index (χ0) is 13.4. The van der Waals surface area contributed by atoms with E-state index in [1.54, 1.807) is 6.07 Å². The number of carbonyl (C=O) groups is 1. The molecule has 96 valence electrons. The highest BCUT2D eigenvalue weighted by Gasteiger charge is 2.23. The van der Waals surface area contributed by atoms with E-state index in [0.717, 1.165) is 15.6 Å². The van der Waals surface area contributed by atoms with Gasteiger partial charge < -0.3 is 4.74 Å². The summed E-state index contributed by atoms with van der Waals surface area (Å²) in [4.78, 5) is 12.6. The molecule has 4 heteroatoms. The van der Waals surface area contributed by atoms with Crippen molar-refractivity contribution in [1.29, 1.82) is 0 Å². The second kappa shape index (κ2) is 5.13. The molecule has 2 nitrogen and oxygen atoms in total. The summed E-state index contributed by atoms with van der Waals surface area (Å²) in [5.74, 6) is 0.653.